The molecule has 13 heteroatoms. The number of rotatable bonds is 8. The summed E-state index contributed by atoms with van der Waals surface area (Å²) in [6.45, 7) is 4.41. The van der Waals surface area contributed by atoms with Crippen LogP contribution in [0.3, 0.4) is 0 Å². The Balaban J connectivity index is 1.04. The van der Waals surface area contributed by atoms with E-state index in [0.29, 0.717) is 57.4 Å². The molecule has 1 unspecified atom stereocenters. The van der Waals surface area contributed by atoms with Gasteiger partial charge in [-0.25, -0.2) is 4.39 Å². The summed E-state index contributed by atoms with van der Waals surface area (Å²) in [4.78, 5) is 26.7. The maximum absolute atomic E-state index is 13.5. The predicted molar refractivity (Wildman–Crippen MR) is 146 cm³/mol. The predicted octanol–water partition coefficient (Wildman–Crippen LogP) is 6.14. The molecule has 1 aliphatic carbocycles. The van der Waals surface area contributed by atoms with Crippen molar-refractivity contribution in [1.29, 1.82) is 0 Å². The molecule has 1 amide bonds. The van der Waals surface area contributed by atoms with Crippen LogP contribution in [-0.2, 0) is 15.7 Å². The zero-order valence-electron chi connectivity index (χ0n) is 23.0. The number of halogens is 4. The van der Waals surface area contributed by atoms with Crippen LogP contribution in [0.1, 0.15) is 50.0 Å². The van der Waals surface area contributed by atoms with Crippen LogP contribution in [0.5, 0.6) is 0 Å². The highest BCUT2D eigenvalue weighted by Crippen LogP contribution is 2.38. The summed E-state index contributed by atoms with van der Waals surface area (Å²) >= 11 is 0. The third kappa shape index (κ3) is 6.84. The number of nitrogens with zero attached hydrogens (tertiary/aromatic N) is 3. The molecular formula is C29H32F4N4O5. The lowest BCUT2D eigenvalue weighted by molar-refractivity contribution is -0.388. The Morgan fingerprint density at radius 1 is 1.10 bits per heavy atom. The molecule has 9 nitrogen and oxygen atoms in total. The molecule has 1 atom stereocenters. The van der Waals surface area contributed by atoms with Gasteiger partial charge in [0, 0.05) is 49.4 Å². The lowest BCUT2D eigenvalue weighted by Crippen LogP contribution is -2.50. The number of carbonyl (C=O) groups excluding carboxylic acids is 1. The first-order valence-corrected chi connectivity index (χ1v) is 13.9. The monoisotopic (exact) mass is 592 g/mol. The van der Waals surface area contributed by atoms with Crippen LogP contribution in [0, 0.1) is 15.9 Å². The number of amides is 1. The van der Waals surface area contributed by atoms with E-state index < -0.39 is 22.4 Å². The van der Waals surface area contributed by atoms with E-state index in [9.17, 15) is 32.5 Å². The van der Waals surface area contributed by atoms with Crippen molar-refractivity contribution in [3.8, 4) is 0 Å². The average Bonchev–Trinajstić information content (AvgIpc) is 3.39. The summed E-state index contributed by atoms with van der Waals surface area (Å²) in [5.41, 5.74) is -1.45. The van der Waals surface area contributed by atoms with Crippen LogP contribution in [0.2, 0.25) is 0 Å². The van der Waals surface area contributed by atoms with Crippen molar-refractivity contribution in [2.75, 3.05) is 38.1 Å². The summed E-state index contributed by atoms with van der Waals surface area (Å²) < 4.78 is 65.2. The number of hydrogen-bond donors (Lipinski definition) is 1. The molecule has 2 aliphatic rings. The van der Waals surface area contributed by atoms with Crippen LogP contribution in [0.15, 0.2) is 46.9 Å². The number of anilines is 1. The number of nitro groups is 1. The molecule has 1 aromatic heterocycles. The Labute approximate surface area is 239 Å². The number of hydrogen-bond acceptors (Lipinski definition) is 7. The maximum Gasteiger partial charge on any atom is 0.423 e. The van der Waals surface area contributed by atoms with E-state index in [0.717, 1.165) is 23.3 Å². The fourth-order valence-electron chi connectivity index (χ4n) is 5.68. The van der Waals surface area contributed by atoms with Crippen LogP contribution >= 0.6 is 0 Å². The zero-order valence-corrected chi connectivity index (χ0v) is 23.0. The van der Waals surface area contributed by atoms with Gasteiger partial charge in [-0.15, -0.1) is 0 Å². The van der Waals surface area contributed by atoms with Crippen LogP contribution in [-0.4, -0.2) is 65.6 Å². The van der Waals surface area contributed by atoms with Gasteiger partial charge >= 0.3 is 6.18 Å². The average molecular weight is 593 g/mol. The molecule has 1 saturated heterocycles. The van der Waals surface area contributed by atoms with Crippen LogP contribution < -0.4 is 5.32 Å². The maximum atomic E-state index is 13.5. The molecule has 5 rings (SSSR count). The number of nitro benzene ring substituents is 1. The van der Waals surface area contributed by atoms with Gasteiger partial charge in [-0.05, 0) is 69.0 Å². The minimum Gasteiger partial charge on any atom is -0.459 e. The number of furan rings is 1. The third-order valence-corrected chi connectivity index (χ3v) is 8.11. The first-order valence-electron chi connectivity index (χ1n) is 13.9. The molecule has 226 valence electrons. The number of piperazine rings is 1. The van der Waals surface area contributed by atoms with E-state index in [1.54, 1.807) is 11.0 Å². The quantitative estimate of drug-likeness (QED) is 0.190. The molecule has 2 heterocycles. The van der Waals surface area contributed by atoms with Gasteiger partial charge in [-0.2, -0.15) is 13.2 Å². The Bertz CT molecular complexity index is 1430. The Morgan fingerprint density at radius 2 is 1.81 bits per heavy atom. The largest absolute Gasteiger partial charge is 0.459 e. The lowest BCUT2D eigenvalue weighted by atomic mass is 9.92. The second-order valence-corrected chi connectivity index (χ2v) is 10.8. The van der Waals surface area contributed by atoms with Gasteiger partial charge in [0.1, 0.15) is 29.3 Å². The number of benzene rings is 2. The second-order valence-electron chi connectivity index (χ2n) is 10.8. The van der Waals surface area contributed by atoms with Crippen molar-refractivity contribution >= 4 is 28.3 Å². The van der Waals surface area contributed by atoms with E-state index in [4.69, 9.17) is 9.15 Å². The second kappa shape index (κ2) is 12.3. The summed E-state index contributed by atoms with van der Waals surface area (Å²) in [5.74, 6) is 0.345. The van der Waals surface area contributed by atoms with Gasteiger partial charge in [-0.3, -0.25) is 19.8 Å². The van der Waals surface area contributed by atoms with Gasteiger partial charge in [-0.1, -0.05) is 0 Å². The van der Waals surface area contributed by atoms with E-state index in [-0.39, 0.29) is 42.2 Å². The van der Waals surface area contributed by atoms with E-state index >= 15 is 0 Å². The molecular weight excluding hydrogens is 560 g/mol. The summed E-state index contributed by atoms with van der Waals surface area (Å²) in [6, 6.07) is 9.08. The molecule has 1 saturated carbocycles. The van der Waals surface area contributed by atoms with Crippen molar-refractivity contribution in [3.63, 3.8) is 0 Å². The Hall–Kier alpha value is -3.71. The van der Waals surface area contributed by atoms with Gasteiger partial charge in [0.2, 0.25) is 5.91 Å². The van der Waals surface area contributed by atoms with Crippen molar-refractivity contribution in [3.05, 3.63) is 69.7 Å². The molecule has 0 bridgehead atoms. The molecule has 2 aromatic carbocycles. The number of fused-ring (bicyclic) bond motifs is 1. The fourth-order valence-corrected chi connectivity index (χ4v) is 5.68. The van der Waals surface area contributed by atoms with E-state index in [1.807, 2.05) is 13.0 Å². The molecule has 42 heavy (non-hydrogen) atoms. The normalized spacial score (nSPS) is 20.9. The first-order chi connectivity index (χ1) is 20.0. The molecule has 3 aromatic rings. The van der Waals surface area contributed by atoms with E-state index in [1.165, 1.54) is 18.2 Å². The lowest BCUT2D eigenvalue weighted by Gasteiger charge is -2.37. The molecule has 0 radical (unpaired) electrons. The minimum absolute atomic E-state index is 0.0242. The minimum atomic E-state index is -4.83. The van der Waals surface area contributed by atoms with Crippen molar-refractivity contribution in [2.45, 2.75) is 57.0 Å². The summed E-state index contributed by atoms with van der Waals surface area (Å²) in [7, 11) is 0. The Morgan fingerprint density at radius 3 is 2.48 bits per heavy atom. The fraction of sp³-hybridized carbons (Fsp3) is 0.483. The first kappa shape index (κ1) is 29.8. The van der Waals surface area contributed by atoms with Crippen molar-refractivity contribution in [1.82, 2.24) is 9.80 Å². The molecule has 1 N–H and O–H groups in total. The van der Waals surface area contributed by atoms with Gasteiger partial charge in [0.25, 0.3) is 5.69 Å². The summed E-state index contributed by atoms with van der Waals surface area (Å²) in [6.07, 6.45) is -2.44. The number of ether oxygens (including phenoxy) is 1. The standard InChI is InChI=1S/C29H32F4N4O5/c1-18(27-15-19-14-20(30)2-9-26(19)42-27)35-10-12-36(13-11-35)28(38)17-41-23-6-3-21(4-7-23)34-22-5-8-25(37(39)40)24(16-22)29(31,32)33/h2,5,8-9,14-16,18,21,23,34H,3-4,6-7,10-13,17H2,1H3. The highest BCUT2D eigenvalue weighted by molar-refractivity contribution is 5.78. The Kier molecular flexibility index (Phi) is 8.69. The summed E-state index contributed by atoms with van der Waals surface area (Å²) in [5, 5.41) is 14.7. The zero-order chi connectivity index (χ0) is 30.0. The molecule has 0 spiro atoms. The number of nitrogens with one attached hydrogen (secondary N) is 1. The smallest absolute Gasteiger partial charge is 0.423 e. The SMILES string of the molecule is CC(c1cc2cc(F)ccc2o1)N1CCN(C(=O)COC2CCC(Nc3ccc([N+](=O)[O-])c(C(F)(F)F)c3)CC2)CC1. The third-order valence-electron chi connectivity index (χ3n) is 8.11. The molecule has 2 fully saturated rings. The van der Waals surface area contributed by atoms with E-state index in [2.05, 4.69) is 10.2 Å². The van der Waals surface area contributed by atoms with Gasteiger partial charge in [0.05, 0.1) is 17.1 Å². The van der Waals surface area contributed by atoms with Crippen molar-refractivity contribution < 1.29 is 36.4 Å². The van der Waals surface area contributed by atoms with Crippen molar-refractivity contribution in [2.24, 2.45) is 0 Å². The van der Waals surface area contributed by atoms with Crippen LogP contribution in [0.25, 0.3) is 11.0 Å². The highest BCUT2D eigenvalue weighted by atomic mass is 19.4. The molecule has 1 aliphatic heterocycles. The number of alkyl halides is 3. The van der Waals surface area contributed by atoms with Crippen LogP contribution in [0.4, 0.5) is 28.9 Å². The van der Waals surface area contributed by atoms with Gasteiger partial charge < -0.3 is 19.4 Å². The highest BCUT2D eigenvalue weighted by Gasteiger charge is 2.38. The topological polar surface area (TPSA) is 101 Å². The van der Waals surface area contributed by atoms with Gasteiger partial charge in [0.15, 0.2) is 0 Å². The number of carbonyl (C=O) groups is 1.